The molecule has 0 aliphatic carbocycles. The van der Waals surface area contributed by atoms with E-state index in [4.69, 9.17) is 0 Å². The van der Waals surface area contributed by atoms with E-state index in [0.29, 0.717) is 0 Å². The van der Waals surface area contributed by atoms with Gasteiger partial charge in [-0.25, -0.2) is 4.98 Å². The molecule has 0 saturated heterocycles. The molecule has 0 fully saturated rings. The Balaban J connectivity index is 2.96. The Labute approximate surface area is 39.6 Å². The molecule has 0 aliphatic rings. The van der Waals surface area contributed by atoms with E-state index in [1.165, 1.54) is 12.6 Å². The minimum absolute atomic E-state index is 0.139. The van der Waals surface area contributed by atoms with Crippen LogP contribution in [0.3, 0.4) is 0 Å². The van der Waals surface area contributed by atoms with Gasteiger partial charge in [-0.2, -0.15) is 5.10 Å². The number of hydrogen-bond acceptors (Lipinski definition) is 3. The quantitative estimate of drug-likeness (QED) is 0.501. The van der Waals surface area contributed by atoms with Gasteiger partial charge in [-0.15, -0.1) is 0 Å². The van der Waals surface area contributed by atoms with Crippen LogP contribution in [0.5, 0.6) is 0 Å². The van der Waals surface area contributed by atoms with Crippen LogP contribution in [0, 0.1) is 0 Å². The molecule has 1 heterocycles. The summed E-state index contributed by atoms with van der Waals surface area (Å²) in [6.07, 6.45) is 2.78. The molecule has 0 bridgehead atoms. The van der Waals surface area contributed by atoms with Crippen molar-refractivity contribution in [1.82, 2.24) is 15.2 Å². The second kappa shape index (κ2) is 1.51. The largest absolute Gasteiger partial charge is 0.281 e. The summed E-state index contributed by atoms with van der Waals surface area (Å²) in [5.74, 6) is 0.139. The number of nitrogens with one attached hydrogen (secondary N) is 1. The molecule has 7 heavy (non-hydrogen) atoms. The summed E-state index contributed by atoms with van der Waals surface area (Å²) in [7, 11) is 0. The van der Waals surface area contributed by atoms with Gasteiger partial charge >= 0.3 is 0 Å². The molecule has 0 spiro atoms. The molecule has 4 heteroatoms. The Morgan fingerprint density at radius 3 is 3.00 bits per heavy atom. The van der Waals surface area contributed by atoms with Crippen LogP contribution in [0.4, 0.5) is 0 Å². The van der Waals surface area contributed by atoms with Crippen molar-refractivity contribution in [2.75, 3.05) is 0 Å². The zero-order valence-corrected chi connectivity index (χ0v) is 3.38. The average molecular weight is 96.1 g/mol. The molecule has 4 nitrogen and oxygen atoms in total. The number of carbonyl (C=O) groups excluding carboxylic acids is 1. The molecule has 0 unspecified atom stereocenters. The van der Waals surface area contributed by atoms with E-state index in [2.05, 4.69) is 15.2 Å². The van der Waals surface area contributed by atoms with E-state index in [9.17, 15) is 4.79 Å². The normalized spacial score (nSPS) is 8.57. The van der Waals surface area contributed by atoms with E-state index in [1.54, 1.807) is 0 Å². The van der Waals surface area contributed by atoms with E-state index in [-0.39, 0.29) is 5.82 Å². The lowest BCUT2D eigenvalue weighted by Crippen LogP contribution is -1.80. The molecule has 0 aliphatic heterocycles. The van der Waals surface area contributed by atoms with Crippen molar-refractivity contribution in [2.24, 2.45) is 0 Å². The SMILES string of the molecule is O=[C]c1ncn[nH]1. The fourth-order valence-corrected chi connectivity index (χ4v) is 0.255. The number of rotatable bonds is 1. The molecule has 0 atom stereocenters. The van der Waals surface area contributed by atoms with Gasteiger partial charge < -0.3 is 0 Å². The molecular weight excluding hydrogens is 94.1 g/mol. The Hall–Kier alpha value is -1.19. The lowest BCUT2D eigenvalue weighted by Gasteiger charge is -1.64. The first-order valence-electron chi connectivity index (χ1n) is 1.67. The summed E-state index contributed by atoms with van der Waals surface area (Å²) < 4.78 is 0. The van der Waals surface area contributed by atoms with Crippen molar-refractivity contribution in [3.8, 4) is 0 Å². The van der Waals surface area contributed by atoms with Gasteiger partial charge in [0.2, 0.25) is 5.82 Å². The smallest absolute Gasteiger partial charge is 0.273 e. The second-order valence-corrected chi connectivity index (χ2v) is 0.936. The molecule has 35 valence electrons. The highest BCUT2D eigenvalue weighted by molar-refractivity contribution is 5.68. The van der Waals surface area contributed by atoms with Crippen LogP contribution in [0.25, 0.3) is 0 Å². The van der Waals surface area contributed by atoms with Gasteiger partial charge in [0, 0.05) is 0 Å². The predicted molar refractivity (Wildman–Crippen MR) is 21.2 cm³/mol. The maximum atomic E-state index is 9.61. The summed E-state index contributed by atoms with van der Waals surface area (Å²) in [4.78, 5) is 13.1. The van der Waals surface area contributed by atoms with Crippen LogP contribution in [0.15, 0.2) is 6.33 Å². The first-order chi connectivity index (χ1) is 3.43. The van der Waals surface area contributed by atoms with Gasteiger partial charge in [0.1, 0.15) is 6.33 Å². The van der Waals surface area contributed by atoms with Crippen LogP contribution in [0.1, 0.15) is 5.82 Å². The number of H-pyrrole nitrogens is 1. The van der Waals surface area contributed by atoms with E-state index >= 15 is 0 Å². The third kappa shape index (κ3) is 0.623. The summed E-state index contributed by atoms with van der Waals surface area (Å²) in [6, 6.07) is 0. The number of nitrogens with zero attached hydrogens (tertiary/aromatic N) is 2. The van der Waals surface area contributed by atoms with Crippen molar-refractivity contribution >= 4 is 6.29 Å². The highest BCUT2D eigenvalue weighted by Gasteiger charge is 1.86. The van der Waals surface area contributed by atoms with Gasteiger partial charge in [0.05, 0.1) is 0 Å². The third-order valence-electron chi connectivity index (χ3n) is 0.512. The maximum Gasteiger partial charge on any atom is 0.273 e. The monoisotopic (exact) mass is 96.0 g/mol. The fraction of sp³-hybridized carbons (Fsp3) is 0. The van der Waals surface area contributed by atoms with Crippen molar-refractivity contribution in [3.63, 3.8) is 0 Å². The summed E-state index contributed by atoms with van der Waals surface area (Å²) in [5.41, 5.74) is 0. The number of hydrogen-bond donors (Lipinski definition) is 1. The van der Waals surface area contributed by atoms with Crippen LogP contribution < -0.4 is 0 Å². The van der Waals surface area contributed by atoms with Crippen molar-refractivity contribution in [1.29, 1.82) is 0 Å². The molecule has 1 aromatic heterocycles. The van der Waals surface area contributed by atoms with E-state index < -0.39 is 0 Å². The fourth-order valence-electron chi connectivity index (χ4n) is 0.255. The zero-order chi connectivity index (χ0) is 5.11. The molecule has 1 radical (unpaired) electrons. The van der Waals surface area contributed by atoms with E-state index in [1.807, 2.05) is 0 Å². The second-order valence-electron chi connectivity index (χ2n) is 0.936. The summed E-state index contributed by atoms with van der Waals surface area (Å²) in [6.45, 7) is 0. The summed E-state index contributed by atoms with van der Waals surface area (Å²) >= 11 is 0. The van der Waals surface area contributed by atoms with E-state index in [0.717, 1.165) is 0 Å². The van der Waals surface area contributed by atoms with Crippen LogP contribution >= 0.6 is 0 Å². The average Bonchev–Trinajstić information content (AvgIpc) is 2.14. The highest BCUT2D eigenvalue weighted by Crippen LogP contribution is 1.72. The molecule has 0 aromatic carbocycles. The van der Waals surface area contributed by atoms with Gasteiger partial charge in [-0.1, -0.05) is 0 Å². The van der Waals surface area contributed by atoms with Gasteiger partial charge in [-0.05, 0) is 0 Å². The number of aromatic amines is 1. The lowest BCUT2D eigenvalue weighted by atomic mass is 10.7. The van der Waals surface area contributed by atoms with Gasteiger partial charge in [0.25, 0.3) is 6.29 Å². The molecule has 1 rings (SSSR count). The number of aromatic nitrogens is 3. The van der Waals surface area contributed by atoms with Crippen molar-refractivity contribution in [3.05, 3.63) is 12.2 Å². The lowest BCUT2D eigenvalue weighted by molar-refractivity contribution is 0.560. The predicted octanol–water partition coefficient (Wildman–Crippen LogP) is -0.738. The third-order valence-corrected chi connectivity index (χ3v) is 0.512. The first-order valence-corrected chi connectivity index (χ1v) is 1.67. The summed E-state index contributed by atoms with van der Waals surface area (Å²) in [5, 5.41) is 5.70. The van der Waals surface area contributed by atoms with Crippen molar-refractivity contribution < 1.29 is 4.79 Å². The highest BCUT2D eigenvalue weighted by atomic mass is 16.1. The van der Waals surface area contributed by atoms with Crippen molar-refractivity contribution in [2.45, 2.75) is 0 Å². The molecule has 0 amide bonds. The zero-order valence-electron chi connectivity index (χ0n) is 3.38. The molecular formula is C3H2N3O. The Bertz CT molecular complexity index is 145. The van der Waals surface area contributed by atoms with Crippen LogP contribution in [-0.2, 0) is 4.79 Å². The molecule has 1 aromatic rings. The first kappa shape index (κ1) is 3.98. The maximum absolute atomic E-state index is 9.61. The molecule has 1 N–H and O–H groups in total. The van der Waals surface area contributed by atoms with Crippen LogP contribution in [0.2, 0.25) is 0 Å². The Morgan fingerprint density at radius 1 is 1.86 bits per heavy atom. The minimum atomic E-state index is 0.139. The standard InChI is InChI=1S/C3H2N3O/c7-1-3-4-2-5-6-3/h2H,(H,4,5,6). The molecule has 0 saturated carbocycles. The van der Waals surface area contributed by atoms with Gasteiger partial charge in [0.15, 0.2) is 0 Å². The topological polar surface area (TPSA) is 58.6 Å². The Morgan fingerprint density at radius 2 is 2.71 bits per heavy atom. The Kier molecular flexibility index (Phi) is 0.856. The van der Waals surface area contributed by atoms with Gasteiger partial charge in [-0.3, -0.25) is 9.89 Å². The minimum Gasteiger partial charge on any atom is -0.281 e. The van der Waals surface area contributed by atoms with Crippen LogP contribution in [-0.4, -0.2) is 21.5 Å².